The van der Waals surface area contributed by atoms with Crippen LogP contribution in [-0.4, -0.2) is 59.2 Å². The minimum atomic E-state index is -0.253. The third kappa shape index (κ3) is 24.5. The van der Waals surface area contributed by atoms with Crippen LogP contribution in [0.1, 0.15) is 104 Å². The van der Waals surface area contributed by atoms with Gasteiger partial charge in [-0.25, -0.2) is 0 Å². The van der Waals surface area contributed by atoms with Crippen LogP contribution in [0.25, 0.3) is 0 Å². The van der Waals surface area contributed by atoms with Gasteiger partial charge in [-0.1, -0.05) is 78.1 Å². The minimum Gasteiger partial charge on any atom is -0.400 e. The Morgan fingerprint density at radius 2 is 1.11 bits per heavy atom. The van der Waals surface area contributed by atoms with E-state index in [0.717, 1.165) is 52.2 Å². The van der Waals surface area contributed by atoms with E-state index < -0.39 is 0 Å². The van der Waals surface area contributed by atoms with Gasteiger partial charge in [0.2, 0.25) is 0 Å². The van der Waals surface area contributed by atoms with Crippen molar-refractivity contribution in [1.29, 1.82) is 0 Å². The molecular weight excluding hydrogens is 530 g/mol. The van der Waals surface area contributed by atoms with Crippen molar-refractivity contribution in [1.82, 2.24) is 4.90 Å². The zero-order valence-corrected chi connectivity index (χ0v) is 21.4. The molecule has 0 saturated heterocycles. The van der Waals surface area contributed by atoms with Crippen molar-refractivity contribution in [3.05, 3.63) is 6.92 Å². The zero-order valence-electron chi connectivity index (χ0n) is 19.0. The predicted octanol–water partition coefficient (Wildman–Crippen LogP) is 4.95. The first kappa shape index (κ1) is 33.1. The van der Waals surface area contributed by atoms with Crippen LogP contribution in [0.5, 0.6) is 0 Å². The summed E-state index contributed by atoms with van der Waals surface area (Å²) >= 11 is 0. The normalized spacial score (nSPS) is 12.9. The predicted molar refractivity (Wildman–Crippen MR) is 118 cm³/mol. The molecule has 2 atom stereocenters. The van der Waals surface area contributed by atoms with E-state index in [0.29, 0.717) is 13.1 Å². The molecule has 3 N–H and O–H groups in total. The molecule has 28 heavy (non-hydrogen) atoms. The van der Waals surface area contributed by atoms with Crippen LogP contribution in [-0.2, 0) is 20.1 Å². The average Bonchev–Trinajstić information content (AvgIpc) is 2.67. The number of nitrogens with zero attached hydrogens (tertiary/aromatic N) is 1. The van der Waals surface area contributed by atoms with Gasteiger partial charge >= 0.3 is 0 Å². The molecule has 1 radical (unpaired) electrons. The summed E-state index contributed by atoms with van der Waals surface area (Å²) in [6.07, 6.45) is 15.4. The summed E-state index contributed by atoms with van der Waals surface area (Å²) in [5, 5.41) is 27.7. The summed E-state index contributed by atoms with van der Waals surface area (Å²) in [4.78, 5) is 2.29. The maximum Gasteiger partial charge on any atom is 0.0667 e. The van der Waals surface area contributed by atoms with Crippen molar-refractivity contribution in [2.75, 3.05) is 26.7 Å². The standard InChI is InChI=1S/C22H46NO2.CH4O.Ir/c1-4-7-10-13-16-21(24)19-23(18-15-12-9-6-3)20-22(25)17-14-11-8-5-2;1-2;/h21-22,24-25H,3-20H2,1-2H3;2H,1H3;/q-1;;. The van der Waals surface area contributed by atoms with E-state index >= 15 is 0 Å². The molecule has 0 saturated carbocycles. The molecule has 2 unspecified atom stereocenters. The summed E-state index contributed by atoms with van der Waals surface area (Å²) in [6, 6.07) is 0. The third-order valence-electron chi connectivity index (χ3n) is 4.94. The number of hydrogen-bond acceptors (Lipinski definition) is 4. The molecule has 0 aliphatic rings. The Balaban J connectivity index is -0.00000201. The number of aliphatic hydroxyl groups excluding tert-OH is 3. The Morgan fingerprint density at radius 3 is 1.50 bits per heavy atom. The molecule has 0 aromatic rings. The second kappa shape index (κ2) is 27.5. The summed E-state index contributed by atoms with van der Waals surface area (Å²) in [7, 11) is 1.00. The van der Waals surface area contributed by atoms with Crippen molar-refractivity contribution in [3.8, 4) is 0 Å². The van der Waals surface area contributed by atoms with Gasteiger partial charge in [-0.3, -0.25) is 4.90 Å². The number of unbranched alkanes of at least 4 members (excludes halogenated alkanes) is 9. The summed E-state index contributed by atoms with van der Waals surface area (Å²) in [6.45, 7) is 10.7. The van der Waals surface area contributed by atoms with Gasteiger partial charge in [0.1, 0.15) is 0 Å². The van der Waals surface area contributed by atoms with E-state index in [1.165, 1.54) is 51.4 Å². The molecule has 0 amide bonds. The van der Waals surface area contributed by atoms with Crippen molar-refractivity contribution in [2.24, 2.45) is 0 Å². The molecule has 0 rings (SSSR count). The molecular formula is C23H50IrNO3-. The van der Waals surface area contributed by atoms with Crippen molar-refractivity contribution >= 4 is 0 Å². The summed E-state index contributed by atoms with van der Waals surface area (Å²) in [5.74, 6) is 0. The van der Waals surface area contributed by atoms with Gasteiger partial charge in [0.25, 0.3) is 0 Å². The van der Waals surface area contributed by atoms with E-state index in [9.17, 15) is 10.2 Å². The fourth-order valence-electron chi connectivity index (χ4n) is 3.34. The number of rotatable bonds is 19. The van der Waals surface area contributed by atoms with E-state index in [1.807, 2.05) is 0 Å². The molecule has 0 aromatic heterocycles. The summed E-state index contributed by atoms with van der Waals surface area (Å²) in [5.41, 5.74) is 0. The van der Waals surface area contributed by atoms with Crippen LogP contribution in [0, 0.1) is 6.92 Å². The first-order chi connectivity index (χ1) is 13.1. The molecule has 0 fully saturated rings. The molecule has 4 nitrogen and oxygen atoms in total. The van der Waals surface area contributed by atoms with Gasteiger partial charge in [0.15, 0.2) is 0 Å². The molecule has 0 aliphatic carbocycles. The number of hydrogen-bond donors (Lipinski definition) is 3. The van der Waals surface area contributed by atoms with Gasteiger partial charge < -0.3 is 22.2 Å². The second-order valence-corrected chi connectivity index (χ2v) is 7.68. The van der Waals surface area contributed by atoms with Gasteiger partial charge in [-0.2, -0.15) is 6.42 Å². The van der Waals surface area contributed by atoms with Crippen LogP contribution < -0.4 is 0 Å². The first-order valence-corrected chi connectivity index (χ1v) is 11.5. The van der Waals surface area contributed by atoms with Gasteiger partial charge in [0.05, 0.1) is 12.2 Å². The van der Waals surface area contributed by atoms with E-state index in [4.69, 9.17) is 5.11 Å². The average molecular weight is 581 g/mol. The van der Waals surface area contributed by atoms with Crippen LogP contribution in [0.2, 0.25) is 0 Å². The molecule has 0 aromatic carbocycles. The topological polar surface area (TPSA) is 63.9 Å². The Hall–Kier alpha value is 0.489. The Morgan fingerprint density at radius 1 is 0.679 bits per heavy atom. The van der Waals surface area contributed by atoms with Gasteiger partial charge in [-0.05, 0) is 25.8 Å². The summed E-state index contributed by atoms with van der Waals surface area (Å²) < 4.78 is 0. The van der Waals surface area contributed by atoms with Crippen LogP contribution in [0.4, 0.5) is 0 Å². The second-order valence-electron chi connectivity index (χ2n) is 7.68. The molecule has 175 valence electrons. The van der Waals surface area contributed by atoms with Crippen LogP contribution in [0.3, 0.4) is 0 Å². The van der Waals surface area contributed by atoms with Gasteiger partial charge in [-0.15, -0.1) is 0 Å². The smallest absolute Gasteiger partial charge is 0.0667 e. The molecule has 0 aliphatic heterocycles. The largest absolute Gasteiger partial charge is 0.400 e. The maximum absolute atomic E-state index is 10.3. The van der Waals surface area contributed by atoms with Crippen LogP contribution in [0.15, 0.2) is 0 Å². The minimum absolute atomic E-state index is 0. The van der Waals surface area contributed by atoms with Crippen molar-refractivity contribution in [2.45, 2.75) is 116 Å². The van der Waals surface area contributed by atoms with Crippen molar-refractivity contribution in [3.63, 3.8) is 0 Å². The monoisotopic (exact) mass is 581 g/mol. The zero-order chi connectivity index (χ0) is 20.8. The van der Waals surface area contributed by atoms with E-state index in [1.54, 1.807) is 0 Å². The third-order valence-corrected chi connectivity index (χ3v) is 4.94. The molecule has 5 heteroatoms. The SMILES string of the molecule is CO.[CH2-]CCCCCN(CC(O)CCCCCC)CC(O)CCCCCC.[Ir]. The molecule has 0 spiro atoms. The fourth-order valence-corrected chi connectivity index (χ4v) is 3.34. The maximum atomic E-state index is 10.3. The van der Waals surface area contributed by atoms with E-state index in [2.05, 4.69) is 25.7 Å². The Bertz CT molecular complexity index is 250. The quantitative estimate of drug-likeness (QED) is 0.149. The fraction of sp³-hybridized carbons (Fsp3) is 0.957. The number of aliphatic hydroxyl groups is 3. The van der Waals surface area contributed by atoms with E-state index in [-0.39, 0.29) is 32.3 Å². The Labute approximate surface area is 189 Å². The first-order valence-electron chi connectivity index (χ1n) is 11.5. The van der Waals surface area contributed by atoms with Gasteiger partial charge in [0, 0.05) is 40.3 Å². The van der Waals surface area contributed by atoms with Crippen LogP contribution >= 0.6 is 0 Å². The Kier molecular flexibility index (Phi) is 32.5. The molecule has 0 heterocycles. The molecule has 0 bridgehead atoms. The van der Waals surface area contributed by atoms with Crippen molar-refractivity contribution < 1.29 is 35.4 Å².